The zero-order chi connectivity index (χ0) is 18.3. The lowest BCUT2D eigenvalue weighted by Gasteiger charge is -2.32. The van der Waals surface area contributed by atoms with Crippen LogP contribution in [0.1, 0.15) is 49.7 Å². The molecule has 1 aliphatic heterocycles. The number of anilines is 1. The maximum absolute atomic E-state index is 4.73. The number of fused-ring (bicyclic) bond motifs is 2. The molecule has 26 heavy (non-hydrogen) atoms. The Labute approximate surface area is 162 Å². The minimum atomic E-state index is 0.206. The van der Waals surface area contributed by atoms with Crippen LogP contribution in [0.2, 0.25) is 0 Å². The lowest BCUT2D eigenvalue weighted by Crippen LogP contribution is -2.32. The van der Waals surface area contributed by atoms with Gasteiger partial charge in [-0.05, 0) is 66.4 Å². The fraction of sp³-hybridized carbons (Fsp3) is 0.400. The molecule has 0 aliphatic carbocycles. The number of benzene rings is 1. The van der Waals surface area contributed by atoms with Crippen LogP contribution in [-0.4, -0.2) is 27.7 Å². The summed E-state index contributed by atoms with van der Waals surface area (Å²) < 4.78 is 2.77. The van der Waals surface area contributed by atoms with E-state index >= 15 is 0 Å². The summed E-state index contributed by atoms with van der Waals surface area (Å²) in [5.41, 5.74) is 6.03. The second-order valence-electron chi connectivity index (χ2n) is 6.84. The van der Waals surface area contributed by atoms with Gasteiger partial charge in [-0.3, -0.25) is 0 Å². The first-order valence-corrected chi connectivity index (χ1v) is 10.0. The van der Waals surface area contributed by atoms with Crippen molar-refractivity contribution in [1.29, 1.82) is 0 Å². The lowest BCUT2D eigenvalue weighted by molar-refractivity contribution is 0.424. The third-order valence-electron chi connectivity index (χ3n) is 5.26. The smallest absolute Gasteiger partial charge is 0.155 e. The van der Waals surface area contributed by atoms with Crippen LogP contribution in [0.25, 0.3) is 5.65 Å². The molecule has 2 aromatic heterocycles. The van der Waals surface area contributed by atoms with E-state index in [9.17, 15) is 0 Å². The number of hydrogen-bond acceptors (Lipinski definition) is 4. The van der Waals surface area contributed by atoms with Crippen molar-refractivity contribution in [3.63, 3.8) is 0 Å². The predicted octanol–water partition coefficient (Wildman–Crippen LogP) is 4.29. The van der Waals surface area contributed by atoms with E-state index in [4.69, 9.17) is 5.10 Å². The van der Waals surface area contributed by atoms with Gasteiger partial charge < -0.3 is 10.2 Å². The highest BCUT2D eigenvalue weighted by atomic mass is 79.9. The summed E-state index contributed by atoms with van der Waals surface area (Å²) in [6.45, 7) is 8.71. The van der Waals surface area contributed by atoms with E-state index in [1.165, 1.54) is 16.8 Å². The van der Waals surface area contributed by atoms with E-state index < -0.39 is 0 Å². The zero-order valence-electron chi connectivity index (χ0n) is 15.4. The van der Waals surface area contributed by atoms with Crippen LogP contribution in [0.5, 0.6) is 0 Å². The lowest BCUT2D eigenvalue weighted by atomic mass is 9.89. The van der Waals surface area contributed by atoms with Crippen molar-refractivity contribution in [1.82, 2.24) is 19.9 Å². The van der Waals surface area contributed by atoms with Crippen molar-refractivity contribution in [2.45, 2.75) is 39.3 Å². The minimum Gasteiger partial charge on any atom is -0.372 e. The van der Waals surface area contributed by atoms with Crippen LogP contribution < -0.4 is 10.2 Å². The summed E-state index contributed by atoms with van der Waals surface area (Å²) >= 11 is 3.46. The second-order valence-corrected chi connectivity index (χ2v) is 7.76. The maximum atomic E-state index is 4.73. The van der Waals surface area contributed by atoms with Crippen LogP contribution in [0.3, 0.4) is 0 Å². The van der Waals surface area contributed by atoms with E-state index in [2.05, 4.69) is 76.2 Å². The molecule has 0 bridgehead atoms. The van der Waals surface area contributed by atoms with Gasteiger partial charge in [-0.15, -0.1) is 0 Å². The van der Waals surface area contributed by atoms with Gasteiger partial charge in [0.2, 0.25) is 0 Å². The monoisotopic (exact) mass is 413 g/mol. The quantitative estimate of drug-likeness (QED) is 0.692. The molecule has 0 spiro atoms. The highest BCUT2D eigenvalue weighted by molar-refractivity contribution is 9.10. The molecule has 136 valence electrons. The molecular formula is C20H24BrN5. The van der Waals surface area contributed by atoms with E-state index in [0.717, 1.165) is 35.3 Å². The number of hydrogen-bond donors (Lipinski definition) is 1. The van der Waals surface area contributed by atoms with E-state index in [-0.39, 0.29) is 6.04 Å². The Kier molecular flexibility index (Phi) is 4.71. The van der Waals surface area contributed by atoms with Crippen LogP contribution in [-0.2, 0) is 6.42 Å². The molecule has 3 heterocycles. The van der Waals surface area contributed by atoms with Gasteiger partial charge in [-0.1, -0.05) is 6.07 Å². The molecule has 2 atom stereocenters. The molecule has 0 saturated carbocycles. The fourth-order valence-electron chi connectivity index (χ4n) is 3.86. The zero-order valence-corrected chi connectivity index (χ0v) is 17.0. The largest absolute Gasteiger partial charge is 0.372 e. The summed E-state index contributed by atoms with van der Waals surface area (Å²) in [5.74, 6) is 0. The Balaban J connectivity index is 1.64. The standard InChI is InChI=1S/C20H24BrN5/c1-4-25(5-2)16-7-6-14-8-18(23-13(3)17(14)9-16)19-10-20-22-11-15(21)12-26(20)24-19/h6-7,9-13,18,23H,4-5,8H2,1-3H3. The normalized spacial score (nSPS) is 19.5. The second kappa shape index (κ2) is 7.00. The SMILES string of the molecule is CCN(CC)c1ccc2c(c1)C(C)NC(c1cc3ncc(Br)cn3n1)C2. The fourth-order valence-corrected chi connectivity index (χ4v) is 4.16. The molecule has 6 heteroatoms. The maximum Gasteiger partial charge on any atom is 0.155 e. The van der Waals surface area contributed by atoms with Gasteiger partial charge in [0.05, 0.1) is 16.2 Å². The van der Waals surface area contributed by atoms with Crippen molar-refractivity contribution < 1.29 is 0 Å². The van der Waals surface area contributed by atoms with Gasteiger partial charge in [0, 0.05) is 43.3 Å². The first kappa shape index (κ1) is 17.5. The van der Waals surface area contributed by atoms with Crippen molar-refractivity contribution in [2.75, 3.05) is 18.0 Å². The summed E-state index contributed by atoms with van der Waals surface area (Å²) in [4.78, 5) is 6.82. The average molecular weight is 414 g/mol. The predicted molar refractivity (Wildman–Crippen MR) is 109 cm³/mol. The highest BCUT2D eigenvalue weighted by Crippen LogP contribution is 2.34. The molecule has 1 N–H and O–H groups in total. The van der Waals surface area contributed by atoms with E-state index in [1.54, 1.807) is 0 Å². The Bertz CT molecular complexity index is 931. The van der Waals surface area contributed by atoms with Gasteiger partial charge in [0.25, 0.3) is 0 Å². The van der Waals surface area contributed by atoms with E-state index in [0.29, 0.717) is 6.04 Å². The number of aromatic nitrogens is 3. The Morgan fingerprint density at radius 2 is 2.08 bits per heavy atom. The molecule has 4 rings (SSSR count). The molecule has 2 unspecified atom stereocenters. The van der Waals surface area contributed by atoms with Gasteiger partial charge in [-0.2, -0.15) is 5.10 Å². The van der Waals surface area contributed by atoms with Crippen LogP contribution in [0, 0.1) is 0 Å². The third-order valence-corrected chi connectivity index (χ3v) is 5.67. The first-order chi connectivity index (χ1) is 12.6. The molecule has 5 nitrogen and oxygen atoms in total. The Morgan fingerprint density at radius 3 is 2.85 bits per heavy atom. The van der Waals surface area contributed by atoms with Crippen LogP contribution in [0.4, 0.5) is 5.69 Å². The van der Waals surface area contributed by atoms with Crippen molar-refractivity contribution in [3.8, 4) is 0 Å². The Morgan fingerprint density at radius 1 is 1.27 bits per heavy atom. The minimum absolute atomic E-state index is 0.206. The molecule has 0 saturated heterocycles. The van der Waals surface area contributed by atoms with Crippen LogP contribution >= 0.6 is 15.9 Å². The summed E-state index contributed by atoms with van der Waals surface area (Å²) in [7, 11) is 0. The summed E-state index contributed by atoms with van der Waals surface area (Å²) in [6, 6.07) is 9.47. The van der Waals surface area contributed by atoms with Crippen molar-refractivity contribution in [2.24, 2.45) is 0 Å². The van der Waals surface area contributed by atoms with Gasteiger partial charge in [0.1, 0.15) is 0 Å². The number of rotatable bonds is 4. The first-order valence-electron chi connectivity index (χ1n) is 9.23. The van der Waals surface area contributed by atoms with E-state index in [1.807, 2.05) is 16.9 Å². The number of halogens is 1. The molecule has 1 aliphatic rings. The molecular weight excluding hydrogens is 390 g/mol. The van der Waals surface area contributed by atoms with Crippen molar-refractivity contribution in [3.05, 3.63) is 58.0 Å². The number of nitrogens with zero attached hydrogens (tertiary/aromatic N) is 4. The molecule has 0 amide bonds. The highest BCUT2D eigenvalue weighted by Gasteiger charge is 2.27. The van der Waals surface area contributed by atoms with Crippen molar-refractivity contribution >= 4 is 27.3 Å². The van der Waals surface area contributed by atoms with Crippen LogP contribution in [0.15, 0.2) is 41.1 Å². The third kappa shape index (κ3) is 3.12. The molecule has 3 aromatic rings. The molecule has 0 fully saturated rings. The van der Waals surface area contributed by atoms with Gasteiger partial charge >= 0.3 is 0 Å². The topological polar surface area (TPSA) is 45.5 Å². The summed E-state index contributed by atoms with van der Waals surface area (Å²) in [5, 5.41) is 8.46. The summed E-state index contributed by atoms with van der Waals surface area (Å²) in [6.07, 6.45) is 4.70. The van der Waals surface area contributed by atoms with Gasteiger partial charge in [-0.25, -0.2) is 9.50 Å². The Hall–Kier alpha value is -1.92. The molecule has 0 radical (unpaired) electrons. The molecule has 1 aromatic carbocycles. The average Bonchev–Trinajstić information content (AvgIpc) is 3.06. The van der Waals surface area contributed by atoms with Gasteiger partial charge in [0.15, 0.2) is 5.65 Å². The number of nitrogens with one attached hydrogen (secondary N) is 1.